The van der Waals surface area contributed by atoms with Crippen LogP contribution in [0.5, 0.6) is 0 Å². The monoisotopic (exact) mass is 404 g/mol. The average Bonchev–Trinajstić information content (AvgIpc) is 3.33. The number of hydrogen-bond donors (Lipinski definition) is 0. The van der Waals surface area contributed by atoms with E-state index in [4.69, 9.17) is 0 Å². The van der Waals surface area contributed by atoms with Crippen molar-refractivity contribution in [1.29, 1.82) is 0 Å². The van der Waals surface area contributed by atoms with Gasteiger partial charge in [0.15, 0.2) is 0 Å². The zero-order valence-corrected chi connectivity index (χ0v) is 17.5. The number of carbonyl (C=O) groups is 1. The van der Waals surface area contributed by atoms with Gasteiger partial charge in [-0.3, -0.25) is 9.59 Å². The topological polar surface area (TPSA) is 60.1 Å². The van der Waals surface area contributed by atoms with Crippen molar-refractivity contribution in [3.05, 3.63) is 63.7 Å². The molecule has 1 fully saturated rings. The summed E-state index contributed by atoms with van der Waals surface area (Å²) in [5.74, 6) is 0.592. The Morgan fingerprint density at radius 3 is 2.80 bits per heavy atom. The lowest BCUT2D eigenvalue weighted by Gasteiger charge is -2.32. The Morgan fingerprint density at radius 1 is 1.17 bits per heavy atom. The number of amides is 1. The summed E-state index contributed by atoms with van der Waals surface area (Å²) in [5.41, 5.74) is 4.49. The zero-order chi connectivity index (χ0) is 20.7. The normalized spacial score (nSPS) is 16.9. The first-order valence-electron chi connectivity index (χ1n) is 11.0. The van der Waals surface area contributed by atoms with Gasteiger partial charge in [0, 0.05) is 49.8 Å². The first kappa shape index (κ1) is 19.1. The first-order chi connectivity index (χ1) is 14.6. The molecule has 0 bridgehead atoms. The molecule has 1 saturated heterocycles. The molecule has 0 saturated carbocycles. The van der Waals surface area contributed by atoms with Crippen molar-refractivity contribution in [2.45, 2.75) is 45.1 Å². The van der Waals surface area contributed by atoms with Gasteiger partial charge in [-0.15, -0.1) is 0 Å². The highest BCUT2D eigenvalue weighted by atomic mass is 16.2. The molecule has 3 heterocycles. The number of benzene rings is 1. The summed E-state index contributed by atoms with van der Waals surface area (Å²) in [7, 11) is 2.02. The standard InChI is InChI=1S/C24H28N4O2/c1-26-16-19(20-6-2-3-8-22(20)26)14-23(29)27-11-9-17(10-12-27)15-28-24(30)13-18-5-4-7-21(18)25-28/h2-3,6,8,13,16-17H,4-5,7,9-12,14-15H2,1H3. The third kappa shape index (κ3) is 3.55. The van der Waals surface area contributed by atoms with Crippen molar-refractivity contribution >= 4 is 16.8 Å². The minimum absolute atomic E-state index is 0.0186. The van der Waals surface area contributed by atoms with Crippen LogP contribution in [0.4, 0.5) is 0 Å². The molecule has 0 unspecified atom stereocenters. The van der Waals surface area contributed by atoms with Crippen LogP contribution < -0.4 is 5.56 Å². The van der Waals surface area contributed by atoms with Crippen molar-refractivity contribution < 1.29 is 4.79 Å². The Kier molecular flexibility index (Phi) is 4.93. The van der Waals surface area contributed by atoms with Crippen LogP contribution in [0, 0.1) is 5.92 Å². The number of rotatable bonds is 4. The number of fused-ring (bicyclic) bond motifs is 2. The molecular weight excluding hydrogens is 376 g/mol. The highest BCUT2D eigenvalue weighted by Crippen LogP contribution is 2.24. The number of likely N-dealkylation sites (tertiary alicyclic amines) is 1. The molecule has 5 rings (SSSR count). The third-order valence-electron chi connectivity index (χ3n) is 6.74. The molecule has 1 aliphatic carbocycles. The number of aromatic nitrogens is 3. The molecule has 2 aliphatic rings. The fourth-order valence-corrected chi connectivity index (χ4v) is 5.02. The number of carbonyl (C=O) groups excluding carboxylic acids is 1. The lowest BCUT2D eigenvalue weighted by atomic mass is 9.96. The molecule has 30 heavy (non-hydrogen) atoms. The number of nitrogens with zero attached hydrogens (tertiary/aromatic N) is 4. The number of para-hydroxylation sites is 1. The molecule has 1 aliphatic heterocycles. The Morgan fingerprint density at radius 2 is 1.97 bits per heavy atom. The number of hydrogen-bond acceptors (Lipinski definition) is 3. The summed E-state index contributed by atoms with van der Waals surface area (Å²) >= 11 is 0. The maximum Gasteiger partial charge on any atom is 0.267 e. The van der Waals surface area contributed by atoms with Gasteiger partial charge < -0.3 is 9.47 Å². The first-order valence-corrected chi connectivity index (χ1v) is 11.0. The van der Waals surface area contributed by atoms with Gasteiger partial charge >= 0.3 is 0 Å². The molecule has 156 valence electrons. The predicted octanol–water partition coefficient (Wildman–Crippen LogP) is 2.71. The second-order valence-electron chi connectivity index (χ2n) is 8.77. The summed E-state index contributed by atoms with van der Waals surface area (Å²) in [6, 6.07) is 10.0. The lowest BCUT2D eigenvalue weighted by Crippen LogP contribution is -2.41. The molecule has 0 spiro atoms. The van der Waals surface area contributed by atoms with E-state index in [-0.39, 0.29) is 11.5 Å². The van der Waals surface area contributed by atoms with Crippen LogP contribution in [0.25, 0.3) is 10.9 Å². The van der Waals surface area contributed by atoms with Crippen molar-refractivity contribution in [1.82, 2.24) is 19.2 Å². The van der Waals surface area contributed by atoms with Crippen molar-refractivity contribution in [2.24, 2.45) is 13.0 Å². The van der Waals surface area contributed by atoms with Crippen molar-refractivity contribution in [2.75, 3.05) is 13.1 Å². The van der Waals surface area contributed by atoms with Gasteiger partial charge in [-0.25, -0.2) is 4.68 Å². The highest BCUT2D eigenvalue weighted by Gasteiger charge is 2.25. The van der Waals surface area contributed by atoms with E-state index in [1.807, 2.05) is 24.1 Å². The quantitative estimate of drug-likeness (QED) is 0.672. The zero-order valence-electron chi connectivity index (χ0n) is 17.5. The Labute approximate surface area is 176 Å². The molecule has 6 heteroatoms. The number of aryl methyl sites for hydroxylation is 3. The Bertz CT molecular complexity index is 1150. The van der Waals surface area contributed by atoms with E-state index >= 15 is 0 Å². The van der Waals surface area contributed by atoms with E-state index in [1.54, 1.807) is 10.7 Å². The molecule has 1 aromatic carbocycles. The predicted molar refractivity (Wildman–Crippen MR) is 116 cm³/mol. The molecule has 3 aromatic rings. The minimum atomic E-state index is 0.0186. The van der Waals surface area contributed by atoms with Crippen molar-refractivity contribution in [3.63, 3.8) is 0 Å². The molecule has 2 aromatic heterocycles. The largest absolute Gasteiger partial charge is 0.350 e. The van der Waals surface area contributed by atoms with E-state index in [0.717, 1.165) is 72.9 Å². The van der Waals surface area contributed by atoms with Gasteiger partial charge in [0.2, 0.25) is 5.91 Å². The molecule has 1 amide bonds. The van der Waals surface area contributed by atoms with Crippen LogP contribution >= 0.6 is 0 Å². The second kappa shape index (κ2) is 7.74. The Balaban J connectivity index is 1.21. The van der Waals surface area contributed by atoms with Crippen LogP contribution in [0.15, 0.2) is 41.3 Å². The van der Waals surface area contributed by atoms with Crippen LogP contribution in [-0.4, -0.2) is 38.2 Å². The lowest BCUT2D eigenvalue weighted by molar-refractivity contribution is -0.131. The summed E-state index contributed by atoms with van der Waals surface area (Å²) in [4.78, 5) is 27.3. The molecule has 6 nitrogen and oxygen atoms in total. The summed E-state index contributed by atoms with van der Waals surface area (Å²) in [5, 5.41) is 5.77. The van der Waals surface area contributed by atoms with Gasteiger partial charge in [0.25, 0.3) is 5.56 Å². The van der Waals surface area contributed by atoms with E-state index in [2.05, 4.69) is 28.0 Å². The van der Waals surface area contributed by atoms with Crippen LogP contribution in [-0.2, 0) is 37.6 Å². The van der Waals surface area contributed by atoms with E-state index < -0.39 is 0 Å². The summed E-state index contributed by atoms with van der Waals surface area (Å²) in [6.45, 7) is 2.18. The van der Waals surface area contributed by atoms with E-state index in [0.29, 0.717) is 18.9 Å². The van der Waals surface area contributed by atoms with Gasteiger partial charge in [-0.1, -0.05) is 18.2 Å². The van der Waals surface area contributed by atoms with Crippen molar-refractivity contribution in [3.8, 4) is 0 Å². The maximum absolute atomic E-state index is 12.9. The van der Waals surface area contributed by atoms with Crippen LogP contribution in [0.1, 0.15) is 36.1 Å². The third-order valence-corrected chi connectivity index (χ3v) is 6.74. The smallest absolute Gasteiger partial charge is 0.267 e. The minimum Gasteiger partial charge on any atom is -0.350 e. The van der Waals surface area contributed by atoms with Gasteiger partial charge in [0.05, 0.1) is 12.1 Å². The summed E-state index contributed by atoms with van der Waals surface area (Å²) in [6.07, 6.45) is 7.42. The summed E-state index contributed by atoms with van der Waals surface area (Å²) < 4.78 is 3.74. The van der Waals surface area contributed by atoms with Crippen LogP contribution in [0.2, 0.25) is 0 Å². The van der Waals surface area contributed by atoms with Gasteiger partial charge in [-0.05, 0) is 55.2 Å². The maximum atomic E-state index is 12.9. The molecule has 0 radical (unpaired) electrons. The SMILES string of the molecule is Cn1cc(CC(=O)N2CCC(Cn3nc4c(cc3=O)CCC4)CC2)c2ccccc21. The average molecular weight is 405 g/mol. The van der Waals surface area contributed by atoms with Gasteiger partial charge in [0.1, 0.15) is 0 Å². The fourth-order valence-electron chi connectivity index (χ4n) is 5.02. The number of piperidine rings is 1. The van der Waals surface area contributed by atoms with E-state index in [9.17, 15) is 9.59 Å². The van der Waals surface area contributed by atoms with E-state index in [1.165, 1.54) is 0 Å². The Hall–Kier alpha value is -2.89. The highest BCUT2D eigenvalue weighted by molar-refractivity contribution is 5.89. The molecule has 0 atom stereocenters. The van der Waals surface area contributed by atoms with Crippen LogP contribution in [0.3, 0.4) is 0 Å². The van der Waals surface area contributed by atoms with Gasteiger partial charge in [-0.2, -0.15) is 5.10 Å². The second-order valence-corrected chi connectivity index (χ2v) is 8.77. The fraction of sp³-hybridized carbons (Fsp3) is 0.458. The molecular formula is C24H28N4O2. The molecule has 0 N–H and O–H groups in total.